The first-order chi connectivity index (χ1) is 11.6. The van der Waals surface area contributed by atoms with Gasteiger partial charge in [-0.15, -0.1) is 0 Å². The zero-order chi connectivity index (χ0) is 19.3. The maximum absolute atomic E-state index is 13.3. The maximum atomic E-state index is 13.3. The van der Waals surface area contributed by atoms with E-state index >= 15 is 0 Å². The number of halogens is 3. The predicted octanol–water partition coefficient (Wildman–Crippen LogP) is 3.04. The quantitative estimate of drug-likeness (QED) is 0.601. The molecule has 0 heterocycles. The summed E-state index contributed by atoms with van der Waals surface area (Å²) in [6.07, 6.45) is -4.77. The van der Waals surface area contributed by atoms with Gasteiger partial charge in [0.1, 0.15) is 6.61 Å². The van der Waals surface area contributed by atoms with Gasteiger partial charge >= 0.3 is 18.2 Å². The van der Waals surface area contributed by atoms with Crippen LogP contribution in [0.3, 0.4) is 0 Å². The molecule has 0 aromatic heterocycles. The highest BCUT2D eigenvalue weighted by Crippen LogP contribution is 2.41. The lowest BCUT2D eigenvalue weighted by Crippen LogP contribution is -2.50. The zero-order valence-corrected chi connectivity index (χ0v) is 13.6. The summed E-state index contributed by atoms with van der Waals surface area (Å²) in [6.45, 7) is 5.72. The third kappa shape index (κ3) is 4.50. The van der Waals surface area contributed by atoms with Gasteiger partial charge in [-0.25, -0.2) is 9.59 Å². The molecule has 1 rings (SSSR count). The van der Waals surface area contributed by atoms with Crippen molar-refractivity contribution in [1.82, 2.24) is 0 Å². The molecule has 138 valence electrons. The van der Waals surface area contributed by atoms with Crippen LogP contribution in [-0.2, 0) is 19.9 Å². The molecule has 1 aromatic carbocycles. The molecule has 1 atom stereocenters. The van der Waals surface area contributed by atoms with Crippen molar-refractivity contribution in [1.29, 1.82) is 0 Å². The molecule has 0 aliphatic heterocycles. The summed E-state index contributed by atoms with van der Waals surface area (Å²) in [4.78, 5) is 23.2. The minimum atomic E-state index is -5.29. The fourth-order valence-corrected chi connectivity index (χ4v) is 1.94. The van der Waals surface area contributed by atoms with Crippen LogP contribution in [0.15, 0.2) is 30.9 Å². The highest BCUT2D eigenvalue weighted by molar-refractivity contribution is 5.86. The highest BCUT2D eigenvalue weighted by Gasteiger charge is 2.62. The van der Waals surface area contributed by atoms with Gasteiger partial charge < -0.3 is 14.6 Å². The van der Waals surface area contributed by atoms with E-state index in [0.29, 0.717) is 0 Å². The lowest BCUT2D eigenvalue weighted by Gasteiger charge is -2.29. The van der Waals surface area contributed by atoms with Crippen LogP contribution >= 0.6 is 0 Å². The van der Waals surface area contributed by atoms with Gasteiger partial charge in [0.25, 0.3) is 5.60 Å². The standard InChI is InChI=1S/C16H18F3NO5/c1-4-8-25-14(22)20-12-7-6-11(9-10(12)3)15(23,16(17,18)19)13(21)24-5-2/h4,6-7,9,23H,1,5,8H2,2-3H3,(H,20,22)/t15-/m0/s1. The van der Waals surface area contributed by atoms with E-state index in [1.54, 1.807) is 0 Å². The molecule has 0 radical (unpaired) electrons. The number of carbonyl (C=O) groups is 2. The lowest BCUT2D eigenvalue weighted by atomic mass is 9.91. The Balaban J connectivity index is 3.19. The summed E-state index contributed by atoms with van der Waals surface area (Å²) in [5.74, 6) is -1.83. The van der Waals surface area contributed by atoms with Gasteiger partial charge in [-0.1, -0.05) is 24.8 Å². The number of nitrogens with one attached hydrogen (secondary N) is 1. The van der Waals surface area contributed by atoms with Crippen LogP contribution in [0.4, 0.5) is 23.7 Å². The smallest absolute Gasteiger partial charge is 0.432 e. The molecular weight excluding hydrogens is 343 g/mol. The van der Waals surface area contributed by atoms with Crippen LogP contribution < -0.4 is 5.32 Å². The van der Waals surface area contributed by atoms with Gasteiger partial charge in [0.05, 0.1) is 6.61 Å². The van der Waals surface area contributed by atoms with E-state index in [4.69, 9.17) is 4.74 Å². The minimum Gasteiger partial charge on any atom is -0.463 e. The van der Waals surface area contributed by atoms with E-state index in [-0.39, 0.29) is 24.5 Å². The largest absolute Gasteiger partial charge is 0.463 e. The first kappa shape index (κ1) is 20.5. The molecular formula is C16H18F3NO5. The van der Waals surface area contributed by atoms with Crippen molar-refractivity contribution in [2.24, 2.45) is 0 Å². The maximum Gasteiger partial charge on any atom is 0.432 e. The molecule has 6 nitrogen and oxygen atoms in total. The van der Waals surface area contributed by atoms with Gasteiger partial charge in [0.2, 0.25) is 0 Å². The molecule has 0 spiro atoms. The second kappa shape index (κ2) is 8.02. The number of anilines is 1. The number of aliphatic hydroxyl groups is 1. The van der Waals surface area contributed by atoms with Crippen molar-refractivity contribution >= 4 is 17.7 Å². The number of esters is 1. The van der Waals surface area contributed by atoms with Crippen LogP contribution in [0.25, 0.3) is 0 Å². The number of hydrogen-bond acceptors (Lipinski definition) is 5. The molecule has 1 aromatic rings. The number of amides is 1. The van der Waals surface area contributed by atoms with E-state index < -0.39 is 29.4 Å². The van der Waals surface area contributed by atoms with Crippen molar-refractivity contribution in [2.75, 3.05) is 18.5 Å². The lowest BCUT2D eigenvalue weighted by molar-refractivity contribution is -0.267. The summed E-state index contributed by atoms with van der Waals surface area (Å²) >= 11 is 0. The average molecular weight is 361 g/mol. The summed E-state index contributed by atoms with van der Waals surface area (Å²) in [6, 6.07) is 2.93. The Morgan fingerprint density at radius 3 is 2.44 bits per heavy atom. The molecule has 0 aliphatic carbocycles. The Labute approximate surface area is 142 Å². The monoisotopic (exact) mass is 361 g/mol. The Morgan fingerprint density at radius 2 is 1.96 bits per heavy atom. The molecule has 0 saturated heterocycles. The van der Waals surface area contributed by atoms with E-state index in [0.717, 1.165) is 18.2 Å². The number of aryl methyl sites for hydroxylation is 1. The third-order valence-corrected chi connectivity index (χ3v) is 3.19. The Bertz CT molecular complexity index is 660. The molecule has 2 N–H and O–H groups in total. The number of benzene rings is 1. The Hall–Kier alpha value is -2.55. The third-order valence-electron chi connectivity index (χ3n) is 3.19. The van der Waals surface area contributed by atoms with Crippen molar-refractivity contribution in [2.45, 2.75) is 25.6 Å². The molecule has 0 unspecified atom stereocenters. The van der Waals surface area contributed by atoms with Crippen LogP contribution in [0.5, 0.6) is 0 Å². The second-order valence-electron chi connectivity index (χ2n) is 4.97. The SMILES string of the molecule is C=CCOC(=O)Nc1ccc([C@](O)(C(=O)OCC)C(F)(F)F)cc1C. The number of alkyl halides is 3. The molecule has 0 fully saturated rings. The van der Waals surface area contributed by atoms with E-state index in [9.17, 15) is 27.9 Å². The number of hydrogen-bond donors (Lipinski definition) is 2. The van der Waals surface area contributed by atoms with Crippen molar-refractivity contribution < 1.29 is 37.3 Å². The van der Waals surface area contributed by atoms with Gasteiger partial charge in [-0.05, 0) is 25.5 Å². The summed E-state index contributed by atoms with van der Waals surface area (Å²) in [7, 11) is 0. The molecule has 1 amide bonds. The summed E-state index contributed by atoms with van der Waals surface area (Å²) in [5, 5.41) is 12.3. The van der Waals surface area contributed by atoms with Crippen molar-refractivity contribution in [3.8, 4) is 0 Å². The van der Waals surface area contributed by atoms with Gasteiger partial charge in [0, 0.05) is 11.3 Å². The predicted molar refractivity (Wildman–Crippen MR) is 82.9 cm³/mol. The molecule has 0 saturated carbocycles. The highest BCUT2D eigenvalue weighted by atomic mass is 19.4. The fraction of sp³-hybridized carbons (Fsp3) is 0.375. The van der Waals surface area contributed by atoms with Crippen LogP contribution in [0.2, 0.25) is 0 Å². The fourth-order valence-electron chi connectivity index (χ4n) is 1.94. The first-order valence-electron chi connectivity index (χ1n) is 7.20. The summed E-state index contributed by atoms with van der Waals surface area (Å²) < 4.78 is 48.9. The average Bonchev–Trinajstić information content (AvgIpc) is 2.53. The number of ether oxygens (including phenoxy) is 2. The van der Waals surface area contributed by atoms with E-state index in [1.807, 2.05) is 0 Å². The number of rotatable bonds is 6. The van der Waals surface area contributed by atoms with Gasteiger partial charge in [-0.2, -0.15) is 13.2 Å². The number of carbonyl (C=O) groups excluding carboxylic acids is 2. The van der Waals surface area contributed by atoms with Crippen molar-refractivity contribution in [3.05, 3.63) is 42.0 Å². The Morgan fingerprint density at radius 1 is 1.32 bits per heavy atom. The zero-order valence-electron chi connectivity index (χ0n) is 13.6. The van der Waals surface area contributed by atoms with E-state index in [1.165, 1.54) is 19.9 Å². The minimum absolute atomic E-state index is 0.0420. The summed E-state index contributed by atoms with van der Waals surface area (Å²) in [5.41, 5.74) is -4.19. The van der Waals surface area contributed by atoms with Crippen LogP contribution in [0.1, 0.15) is 18.1 Å². The first-order valence-corrected chi connectivity index (χ1v) is 7.20. The molecule has 0 aliphatic rings. The van der Waals surface area contributed by atoms with Crippen molar-refractivity contribution in [3.63, 3.8) is 0 Å². The molecule has 25 heavy (non-hydrogen) atoms. The van der Waals surface area contributed by atoms with Gasteiger partial charge in [-0.3, -0.25) is 5.32 Å². The normalized spacial score (nSPS) is 13.5. The topological polar surface area (TPSA) is 84.9 Å². The molecule has 9 heteroatoms. The Kier molecular flexibility index (Phi) is 6.57. The van der Waals surface area contributed by atoms with Crippen LogP contribution in [0, 0.1) is 6.92 Å². The van der Waals surface area contributed by atoms with E-state index in [2.05, 4.69) is 16.6 Å². The van der Waals surface area contributed by atoms with Gasteiger partial charge in [0.15, 0.2) is 0 Å². The van der Waals surface area contributed by atoms with Crippen LogP contribution in [-0.4, -0.2) is 36.6 Å². The second-order valence-corrected chi connectivity index (χ2v) is 4.97. The molecule has 0 bridgehead atoms.